The summed E-state index contributed by atoms with van der Waals surface area (Å²) in [6.07, 6.45) is 0.553. The number of rotatable bonds is 6. The van der Waals surface area contributed by atoms with Crippen molar-refractivity contribution in [2.45, 2.75) is 26.8 Å². The molecule has 0 saturated carbocycles. The summed E-state index contributed by atoms with van der Waals surface area (Å²) < 4.78 is 5.18. The van der Waals surface area contributed by atoms with E-state index in [-0.39, 0.29) is 5.91 Å². The van der Waals surface area contributed by atoms with Crippen molar-refractivity contribution in [3.05, 3.63) is 46.7 Å². The molecule has 1 aromatic heterocycles. The minimum Gasteiger partial charge on any atom is -0.497 e. The molecule has 0 aliphatic rings. The first kappa shape index (κ1) is 15.6. The number of nitrogens with zero attached hydrogens (tertiary/aromatic N) is 1. The quantitative estimate of drug-likeness (QED) is 0.794. The maximum atomic E-state index is 12.5. The van der Waals surface area contributed by atoms with Crippen LogP contribution in [-0.4, -0.2) is 13.0 Å². The largest absolute Gasteiger partial charge is 0.497 e. The van der Waals surface area contributed by atoms with Gasteiger partial charge in [-0.15, -0.1) is 11.3 Å². The van der Waals surface area contributed by atoms with Gasteiger partial charge in [0, 0.05) is 17.0 Å². The Morgan fingerprint density at radius 1 is 1.24 bits per heavy atom. The number of anilines is 1. The number of carbonyl (C=O) groups excluding carboxylic acids is 1. The summed E-state index contributed by atoms with van der Waals surface area (Å²) in [5.41, 5.74) is 0.912. The van der Waals surface area contributed by atoms with Gasteiger partial charge in [0.15, 0.2) is 0 Å². The van der Waals surface area contributed by atoms with Crippen LogP contribution in [0.5, 0.6) is 5.75 Å². The summed E-state index contributed by atoms with van der Waals surface area (Å²) in [5.74, 6) is 1.30. The van der Waals surface area contributed by atoms with Crippen LogP contribution in [0.4, 0.5) is 5.69 Å². The van der Waals surface area contributed by atoms with Crippen molar-refractivity contribution in [3.63, 3.8) is 0 Å². The van der Waals surface area contributed by atoms with Gasteiger partial charge in [0.2, 0.25) is 5.91 Å². The van der Waals surface area contributed by atoms with Crippen molar-refractivity contribution in [2.75, 3.05) is 12.0 Å². The van der Waals surface area contributed by atoms with Crippen LogP contribution >= 0.6 is 11.3 Å². The lowest BCUT2D eigenvalue weighted by atomic mass is 10.1. The number of ether oxygens (including phenoxy) is 1. The summed E-state index contributed by atoms with van der Waals surface area (Å²) in [7, 11) is 1.64. The van der Waals surface area contributed by atoms with E-state index in [0.29, 0.717) is 18.9 Å². The van der Waals surface area contributed by atoms with E-state index < -0.39 is 0 Å². The van der Waals surface area contributed by atoms with Crippen LogP contribution in [-0.2, 0) is 11.3 Å². The summed E-state index contributed by atoms with van der Waals surface area (Å²) in [4.78, 5) is 15.6. The van der Waals surface area contributed by atoms with Crippen LogP contribution in [0.15, 0.2) is 41.8 Å². The molecule has 0 spiro atoms. The molecule has 112 valence electrons. The molecule has 0 atom stereocenters. The zero-order valence-electron chi connectivity index (χ0n) is 12.7. The minimum absolute atomic E-state index is 0.156. The Balaban J connectivity index is 2.23. The fraction of sp³-hybridized carbons (Fsp3) is 0.353. The van der Waals surface area contributed by atoms with E-state index >= 15 is 0 Å². The zero-order valence-corrected chi connectivity index (χ0v) is 13.5. The van der Waals surface area contributed by atoms with Gasteiger partial charge in [0.05, 0.1) is 13.7 Å². The summed E-state index contributed by atoms with van der Waals surface area (Å²) in [5, 5.41) is 2.04. The van der Waals surface area contributed by atoms with Gasteiger partial charge in [-0.3, -0.25) is 4.79 Å². The molecular formula is C17H21NO2S. The lowest BCUT2D eigenvalue weighted by molar-refractivity contribution is -0.119. The van der Waals surface area contributed by atoms with Crippen molar-refractivity contribution in [2.24, 2.45) is 5.92 Å². The number of carbonyl (C=O) groups is 1. The summed E-state index contributed by atoms with van der Waals surface area (Å²) in [6, 6.07) is 11.7. The third-order valence-corrected chi connectivity index (χ3v) is 4.02. The Hall–Kier alpha value is -1.81. The van der Waals surface area contributed by atoms with Gasteiger partial charge in [-0.2, -0.15) is 0 Å². The standard InChI is InChI=1S/C17H21NO2S/c1-13(2)11-17(19)18(12-16-5-4-10-21-16)14-6-8-15(20-3)9-7-14/h4-10,13H,11-12H2,1-3H3. The SMILES string of the molecule is COc1ccc(N(Cc2cccs2)C(=O)CC(C)C)cc1. The molecule has 3 nitrogen and oxygen atoms in total. The maximum absolute atomic E-state index is 12.5. The van der Waals surface area contributed by atoms with Gasteiger partial charge in [-0.1, -0.05) is 19.9 Å². The fourth-order valence-corrected chi connectivity index (χ4v) is 2.80. The second-order valence-corrected chi connectivity index (χ2v) is 6.39. The van der Waals surface area contributed by atoms with E-state index in [2.05, 4.69) is 19.9 Å². The van der Waals surface area contributed by atoms with Crippen molar-refractivity contribution in [3.8, 4) is 5.75 Å². The van der Waals surface area contributed by atoms with Gasteiger partial charge in [0.1, 0.15) is 5.75 Å². The maximum Gasteiger partial charge on any atom is 0.227 e. The van der Waals surface area contributed by atoms with Crippen molar-refractivity contribution in [1.82, 2.24) is 0 Å². The molecule has 0 radical (unpaired) electrons. The molecule has 1 heterocycles. The van der Waals surface area contributed by atoms with Gasteiger partial charge >= 0.3 is 0 Å². The molecular weight excluding hydrogens is 282 g/mol. The number of benzene rings is 1. The fourth-order valence-electron chi connectivity index (χ4n) is 2.10. The highest BCUT2D eigenvalue weighted by Crippen LogP contribution is 2.24. The molecule has 0 N–H and O–H groups in total. The Labute approximate surface area is 130 Å². The van der Waals surface area contributed by atoms with Gasteiger partial charge < -0.3 is 9.64 Å². The first-order valence-corrected chi connectivity index (χ1v) is 7.95. The molecule has 0 aliphatic heterocycles. The first-order valence-electron chi connectivity index (χ1n) is 7.07. The van der Waals surface area contributed by atoms with E-state index in [9.17, 15) is 4.79 Å². The molecule has 0 fully saturated rings. The molecule has 4 heteroatoms. The third-order valence-electron chi connectivity index (χ3n) is 3.16. The number of hydrogen-bond acceptors (Lipinski definition) is 3. The predicted octanol–water partition coefficient (Wildman–Crippen LogP) is 4.34. The van der Waals surface area contributed by atoms with Crippen LogP contribution in [0, 0.1) is 5.92 Å². The first-order chi connectivity index (χ1) is 10.1. The van der Waals surface area contributed by atoms with E-state index in [1.165, 1.54) is 4.88 Å². The van der Waals surface area contributed by atoms with Crippen LogP contribution in [0.2, 0.25) is 0 Å². The molecule has 0 unspecified atom stereocenters. The van der Waals surface area contributed by atoms with E-state index in [1.54, 1.807) is 18.4 Å². The van der Waals surface area contributed by atoms with Gasteiger partial charge in [0.25, 0.3) is 0 Å². The highest BCUT2D eigenvalue weighted by molar-refractivity contribution is 7.09. The molecule has 1 amide bonds. The molecule has 2 aromatic rings. The molecule has 21 heavy (non-hydrogen) atoms. The minimum atomic E-state index is 0.156. The summed E-state index contributed by atoms with van der Waals surface area (Å²) in [6.45, 7) is 4.75. The molecule has 1 aromatic carbocycles. The monoisotopic (exact) mass is 303 g/mol. The highest BCUT2D eigenvalue weighted by atomic mass is 32.1. The average molecular weight is 303 g/mol. The Kier molecular flexibility index (Phi) is 5.39. The van der Waals surface area contributed by atoms with Crippen molar-refractivity contribution in [1.29, 1.82) is 0 Å². The number of thiophene rings is 1. The van der Waals surface area contributed by atoms with Crippen LogP contribution in [0.1, 0.15) is 25.1 Å². The molecule has 0 bridgehead atoms. The number of methoxy groups -OCH3 is 1. The third kappa shape index (κ3) is 4.33. The normalized spacial score (nSPS) is 10.7. The van der Waals surface area contributed by atoms with Crippen molar-refractivity contribution < 1.29 is 9.53 Å². The predicted molar refractivity (Wildman–Crippen MR) is 88.0 cm³/mol. The lowest BCUT2D eigenvalue weighted by Gasteiger charge is -2.23. The summed E-state index contributed by atoms with van der Waals surface area (Å²) >= 11 is 1.67. The van der Waals surface area contributed by atoms with Gasteiger partial charge in [-0.25, -0.2) is 0 Å². The van der Waals surface area contributed by atoms with E-state index in [0.717, 1.165) is 11.4 Å². The lowest BCUT2D eigenvalue weighted by Crippen LogP contribution is -2.30. The number of amides is 1. The topological polar surface area (TPSA) is 29.5 Å². The average Bonchev–Trinajstić information content (AvgIpc) is 2.97. The smallest absolute Gasteiger partial charge is 0.227 e. The highest BCUT2D eigenvalue weighted by Gasteiger charge is 2.17. The van der Waals surface area contributed by atoms with E-state index in [1.807, 2.05) is 40.6 Å². The molecule has 2 rings (SSSR count). The van der Waals surface area contributed by atoms with Crippen LogP contribution < -0.4 is 9.64 Å². The van der Waals surface area contributed by atoms with E-state index in [4.69, 9.17) is 4.74 Å². The molecule has 0 aliphatic carbocycles. The second-order valence-electron chi connectivity index (χ2n) is 5.36. The second kappa shape index (κ2) is 7.27. The van der Waals surface area contributed by atoms with Crippen LogP contribution in [0.3, 0.4) is 0 Å². The van der Waals surface area contributed by atoms with Crippen LogP contribution in [0.25, 0.3) is 0 Å². The van der Waals surface area contributed by atoms with Crippen molar-refractivity contribution >= 4 is 22.9 Å². The number of hydrogen-bond donors (Lipinski definition) is 0. The Morgan fingerprint density at radius 3 is 2.48 bits per heavy atom. The van der Waals surface area contributed by atoms with Gasteiger partial charge in [-0.05, 0) is 41.6 Å². The Morgan fingerprint density at radius 2 is 1.95 bits per heavy atom. The zero-order chi connectivity index (χ0) is 15.2. The Bertz CT molecular complexity index is 561. The molecule has 0 saturated heterocycles.